The van der Waals surface area contributed by atoms with Crippen LogP contribution in [0.3, 0.4) is 0 Å². The van der Waals surface area contributed by atoms with E-state index in [9.17, 15) is 13.2 Å². The Morgan fingerprint density at radius 2 is 1.14 bits per heavy atom. The van der Waals surface area contributed by atoms with Crippen LogP contribution in [-0.4, -0.2) is 0 Å². The zero-order chi connectivity index (χ0) is 25.8. The molecular formula is C33H39F3. The van der Waals surface area contributed by atoms with E-state index in [1.807, 2.05) is 0 Å². The van der Waals surface area contributed by atoms with Crippen LogP contribution in [-0.2, 0) is 11.6 Å². The smallest absolute Gasteiger partial charge is 0.166 e. The molecule has 0 atom stereocenters. The van der Waals surface area contributed by atoms with Gasteiger partial charge in [-0.1, -0.05) is 113 Å². The first-order valence-corrected chi connectivity index (χ1v) is 13.7. The molecule has 3 aromatic carbocycles. The highest BCUT2D eigenvalue weighted by Crippen LogP contribution is 2.55. The SMILES string of the molecule is CCCCCCC1(CCCCCC)c2cc(C)ccc2-c2ccc(-c3ccc(C(F)(F)F)cc3)cc21. The average Bonchev–Trinajstić information content (AvgIpc) is 3.12. The molecule has 0 aliphatic heterocycles. The Morgan fingerprint density at radius 1 is 0.611 bits per heavy atom. The minimum Gasteiger partial charge on any atom is -0.166 e. The second-order valence-electron chi connectivity index (χ2n) is 10.6. The largest absolute Gasteiger partial charge is 0.416 e. The maximum atomic E-state index is 13.1. The average molecular weight is 493 g/mol. The fourth-order valence-corrected chi connectivity index (χ4v) is 6.01. The molecule has 1 aliphatic carbocycles. The molecule has 192 valence electrons. The Kier molecular flexibility index (Phi) is 8.27. The second-order valence-corrected chi connectivity index (χ2v) is 10.6. The van der Waals surface area contributed by atoms with Gasteiger partial charge in [-0.05, 0) is 71.3 Å². The zero-order valence-electron chi connectivity index (χ0n) is 22.0. The third-order valence-electron chi connectivity index (χ3n) is 7.98. The molecule has 0 N–H and O–H groups in total. The summed E-state index contributed by atoms with van der Waals surface area (Å²) in [5, 5.41) is 0. The van der Waals surface area contributed by atoms with Crippen molar-refractivity contribution in [3.63, 3.8) is 0 Å². The van der Waals surface area contributed by atoms with Gasteiger partial charge in [-0.25, -0.2) is 0 Å². The molecule has 4 rings (SSSR count). The summed E-state index contributed by atoms with van der Waals surface area (Å²) in [6.07, 6.45) is 7.74. The van der Waals surface area contributed by atoms with Gasteiger partial charge in [-0.3, -0.25) is 0 Å². The van der Waals surface area contributed by atoms with E-state index in [2.05, 4.69) is 57.2 Å². The Morgan fingerprint density at radius 3 is 1.69 bits per heavy atom. The van der Waals surface area contributed by atoms with Gasteiger partial charge in [0.1, 0.15) is 0 Å². The van der Waals surface area contributed by atoms with E-state index in [0.29, 0.717) is 0 Å². The van der Waals surface area contributed by atoms with Gasteiger partial charge < -0.3 is 0 Å². The van der Waals surface area contributed by atoms with Gasteiger partial charge in [0.2, 0.25) is 0 Å². The number of benzene rings is 3. The minimum atomic E-state index is -4.32. The summed E-state index contributed by atoms with van der Waals surface area (Å²) in [6.45, 7) is 6.68. The summed E-state index contributed by atoms with van der Waals surface area (Å²) >= 11 is 0. The van der Waals surface area contributed by atoms with E-state index in [1.165, 1.54) is 91.3 Å². The number of hydrogen-bond acceptors (Lipinski definition) is 0. The fraction of sp³-hybridized carbons (Fsp3) is 0.455. The predicted molar refractivity (Wildman–Crippen MR) is 145 cm³/mol. The molecule has 0 bridgehead atoms. The van der Waals surface area contributed by atoms with Gasteiger partial charge in [-0.2, -0.15) is 13.2 Å². The molecule has 0 unspecified atom stereocenters. The third kappa shape index (κ3) is 5.41. The molecule has 0 saturated carbocycles. The molecule has 0 nitrogen and oxygen atoms in total. The molecule has 0 heterocycles. The highest BCUT2D eigenvalue weighted by molar-refractivity contribution is 5.84. The number of hydrogen-bond donors (Lipinski definition) is 0. The van der Waals surface area contributed by atoms with Gasteiger partial charge in [0.15, 0.2) is 0 Å². The summed E-state index contributed by atoms with van der Waals surface area (Å²) < 4.78 is 39.4. The van der Waals surface area contributed by atoms with Crippen LogP contribution in [0.25, 0.3) is 22.3 Å². The van der Waals surface area contributed by atoms with E-state index >= 15 is 0 Å². The Labute approximate surface area is 215 Å². The Balaban J connectivity index is 1.79. The van der Waals surface area contributed by atoms with Gasteiger partial charge in [0.25, 0.3) is 0 Å². The van der Waals surface area contributed by atoms with Crippen LogP contribution >= 0.6 is 0 Å². The summed E-state index contributed by atoms with van der Waals surface area (Å²) in [7, 11) is 0. The number of aryl methyl sites for hydroxylation is 1. The van der Waals surface area contributed by atoms with Crippen LogP contribution < -0.4 is 0 Å². The van der Waals surface area contributed by atoms with Crippen molar-refractivity contribution >= 4 is 0 Å². The highest BCUT2D eigenvalue weighted by Gasteiger charge is 2.42. The molecular weight excluding hydrogens is 453 g/mol. The number of rotatable bonds is 11. The first-order valence-electron chi connectivity index (χ1n) is 13.7. The summed E-state index contributed by atoms with van der Waals surface area (Å²) in [5.74, 6) is 0. The molecule has 0 aromatic heterocycles. The first kappa shape index (κ1) is 26.5. The molecule has 0 spiro atoms. The standard InChI is InChI=1S/C33H39F3/c1-4-6-8-10-20-32(21-11-9-7-5-2)30-22-24(3)12-18-28(30)29-19-15-26(23-31(29)32)25-13-16-27(17-14-25)33(34,35)36/h12-19,22-23H,4-11,20-21H2,1-3H3. The van der Waals surface area contributed by atoms with Gasteiger partial charge in [-0.15, -0.1) is 0 Å². The molecule has 0 amide bonds. The maximum absolute atomic E-state index is 13.1. The molecule has 0 saturated heterocycles. The van der Waals surface area contributed by atoms with E-state index in [4.69, 9.17) is 0 Å². The molecule has 3 aromatic rings. The van der Waals surface area contributed by atoms with Crippen LogP contribution in [0.5, 0.6) is 0 Å². The molecule has 1 aliphatic rings. The second kappa shape index (κ2) is 11.2. The third-order valence-corrected chi connectivity index (χ3v) is 7.98. The summed E-state index contributed by atoms with van der Waals surface area (Å²) in [6, 6.07) is 19.1. The predicted octanol–water partition coefficient (Wildman–Crippen LogP) is 10.9. The van der Waals surface area contributed by atoms with Crippen molar-refractivity contribution in [1.29, 1.82) is 0 Å². The Bertz CT molecular complexity index is 1140. The number of fused-ring (bicyclic) bond motifs is 3. The minimum absolute atomic E-state index is 0.0277. The Hall–Kier alpha value is -2.55. The number of halogens is 3. The summed E-state index contributed by atoms with van der Waals surface area (Å²) in [4.78, 5) is 0. The lowest BCUT2D eigenvalue weighted by Crippen LogP contribution is -2.25. The summed E-state index contributed by atoms with van der Waals surface area (Å²) in [5.41, 5.74) is 7.95. The maximum Gasteiger partial charge on any atom is 0.416 e. The van der Waals surface area contributed by atoms with Gasteiger partial charge in [0, 0.05) is 5.41 Å². The molecule has 0 radical (unpaired) electrons. The molecule has 0 fully saturated rings. The van der Waals surface area contributed by atoms with Crippen LogP contribution in [0.15, 0.2) is 60.7 Å². The normalized spacial score (nSPS) is 14.1. The monoisotopic (exact) mass is 492 g/mol. The van der Waals surface area contributed by atoms with Crippen molar-refractivity contribution in [3.8, 4) is 22.3 Å². The zero-order valence-corrected chi connectivity index (χ0v) is 22.0. The van der Waals surface area contributed by atoms with Crippen molar-refractivity contribution in [1.82, 2.24) is 0 Å². The van der Waals surface area contributed by atoms with Gasteiger partial charge >= 0.3 is 6.18 Å². The topological polar surface area (TPSA) is 0 Å². The fourth-order valence-electron chi connectivity index (χ4n) is 6.01. The number of alkyl halides is 3. The first-order chi connectivity index (χ1) is 17.3. The van der Waals surface area contributed by atoms with Crippen molar-refractivity contribution < 1.29 is 13.2 Å². The van der Waals surface area contributed by atoms with E-state index in [1.54, 1.807) is 12.1 Å². The molecule has 36 heavy (non-hydrogen) atoms. The van der Waals surface area contributed by atoms with Crippen molar-refractivity contribution in [2.24, 2.45) is 0 Å². The van der Waals surface area contributed by atoms with E-state index in [0.717, 1.165) is 24.0 Å². The van der Waals surface area contributed by atoms with E-state index < -0.39 is 11.7 Å². The van der Waals surface area contributed by atoms with Crippen LogP contribution in [0, 0.1) is 6.92 Å². The van der Waals surface area contributed by atoms with Crippen molar-refractivity contribution in [2.75, 3.05) is 0 Å². The van der Waals surface area contributed by atoms with E-state index in [-0.39, 0.29) is 5.41 Å². The van der Waals surface area contributed by atoms with Crippen LogP contribution in [0.1, 0.15) is 100 Å². The quantitative estimate of drug-likeness (QED) is 0.233. The lowest BCUT2D eigenvalue weighted by atomic mass is 9.70. The molecule has 3 heteroatoms. The van der Waals surface area contributed by atoms with Gasteiger partial charge in [0.05, 0.1) is 5.56 Å². The highest BCUT2D eigenvalue weighted by atomic mass is 19.4. The lowest BCUT2D eigenvalue weighted by Gasteiger charge is -2.33. The lowest BCUT2D eigenvalue weighted by molar-refractivity contribution is -0.137. The van der Waals surface area contributed by atoms with Crippen LogP contribution in [0.4, 0.5) is 13.2 Å². The van der Waals surface area contributed by atoms with Crippen LogP contribution in [0.2, 0.25) is 0 Å². The van der Waals surface area contributed by atoms with Crippen molar-refractivity contribution in [3.05, 3.63) is 82.9 Å². The number of unbranched alkanes of at least 4 members (excludes halogenated alkanes) is 6. The van der Waals surface area contributed by atoms with Crippen molar-refractivity contribution in [2.45, 2.75) is 96.6 Å².